The molecule has 0 unspecified atom stereocenters. The van der Waals surface area contributed by atoms with Gasteiger partial charge in [0.15, 0.2) is 0 Å². The molecule has 21 heteroatoms. The van der Waals surface area contributed by atoms with Crippen LogP contribution < -0.4 is 49.1 Å². The summed E-state index contributed by atoms with van der Waals surface area (Å²) >= 11 is 0. The SMILES string of the molecule is CCOC(=O)CNC(=O)[C@@H](CCCNC(=O)[C@@H](CCCNC(=O)OCC1c2ccccc2-c2ccccc21)NC(=O)Cn1cc(C)c(=O)[nH]c1=O)NC(=O)Cn1cc(C)c(=O)[nH]c1=O. The van der Waals surface area contributed by atoms with Crippen LogP contribution in [-0.2, 0) is 46.5 Å². The summed E-state index contributed by atoms with van der Waals surface area (Å²) in [4.78, 5) is 130. The number of carbonyl (C=O) groups excluding carboxylic acids is 6. The molecule has 2 atom stereocenters. The Hall–Kier alpha value is -7.58. The Morgan fingerprint density at radius 3 is 1.62 bits per heavy atom. The molecule has 2 heterocycles. The van der Waals surface area contributed by atoms with Gasteiger partial charge in [-0.2, -0.15) is 0 Å². The topological polar surface area (TPSA) is 291 Å². The molecule has 0 fully saturated rings. The number of ether oxygens (including phenoxy) is 2. The molecule has 0 bridgehead atoms. The fraction of sp³-hybridized carbons (Fsp3) is 0.395. The summed E-state index contributed by atoms with van der Waals surface area (Å²) in [5.41, 5.74) is 1.72. The van der Waals surface area contributed by atoms with Crippen LogP contribution in [0.5, 0.6) is 0 Å². The highest BCUT2D eigenvalue weighted by atomic mass is 16.5. The molecular formula is C43H51N9O12. The summed E-state index contributed by atoms with van der Waals surface area (Å²) < 4.78 is 12.4. The van der Waals surface area contributed by atoms with E-state index in [2.05, 4.69) is 36.6 Å². The van der Waals surface area contributed by atoms with Crippen LogP contribution in [0.25, 0.3) is 11.1 Å². The van der Waals surface area contributed by atoms with Crippen LogP contribution in [-0.4, -0.2) is 99.7 Å². The van der Waals surface area contributed by atoms with Gasteiger partial charge in [0, 0.05) is 42.5 Å². The van der Waals surface area contributed by atoms with Gasteiger partial charge in [0.1, 0.15) is 38.3 Å². The molecule has 340 valence electrons. The van der Waals surface area contributed by atoms with Gasteiger partial charge in [-0.1, -0.05) is 48.5 Å². The maximum absolute atomic E-state index is 13.5. The van der Waals surface area contributed by atoms with E-state index < -0.39 is 89.9 Å². The number of carbonyl (C=O) groups is 6. The third kappa shape index (κ3) is 13.0. The van der Waals surface area contributed by atoms with Gasteiger partial charge < -0.3 is 36.1 Å². The lowest BCUT2D eigenvalue weighted by molar-refractivity contribution is -0.143. The number of hydrogen-bond donors (Lipinski definition) is 7. The lowest BCUT2D eigenvalue weighted by Crippen LogP contribution is -2.50. The monoisotopic (exact) mass is 885 g/mol. The van der Waals surface area contributed by atoms with Crippen LogP contribution >= 0.6 is 0 Å². The number of esters is 1. The molecule has 4 aromatic rings. The first kappa shape index (κ1) is 47.5. The zero-order valence-corrected chi connectivity index (χ0v) is 35.6. The van der Waals surface area contributed by atoms with E-state index in [1.165, 1.54) is 26.2 Å². The Morgan fingerprint density at radius 2 is 1.12 bits per heavy atom. The summed E-state index contributed by atoms with van der Waals surface area (Å²) in [7, 11) is 0. The van der Waals surface area contributed by atoms with Crippen LogP contribution in [0.4, 0.5) is 4.79 Å². The third-order valence-electron chi connectivity index (χ3n) is 10.3. The first-order chi connectivity index (χ1) is 30.6. The molecule has 21 nitrogen and oxygen atoms in total. The molecule has 2 aromatic heterocycles. The Bertz CT molecular complexity index is 2570. The molecule has 1 aliphatic rings. The first-order valence-corrected chi connectivity index (χ1v) is 20.6. The zero-order valence-electron chi connectivity index (χ0n) is 35.6. The van der Waals surface area contributed by atoms with Gasteiger partial charge >= 0.3 is 23.4 Å². The minimum atomic E-state index is -1.24. The fourth-order valence-electron chi connectivity index (χ4n) is 7.08. The molecule has 0 radical (unpaired) electrons. The van der Waals surface area contributed by atoms with Gasteiger partial charge in [-0.05, 0) is 68.7 Å². The fourth-order valence-corrected chi connectivity index (χ4v) is 7.08. The van der Waals surface area contributed by atoms with E-state index in [4.69, 9.17) is 9.47 Å². The number of alkyl carbamates (subject to hydrolysis) is 1. The van der Waals surface area contributed by atoms with Crippen molar-refractivity contribution in [2.75, 3.05) is 32.8 Å². The van der Waals surface area contributed by atoms with Crippen LogP contribution in [0.1, 0.15) is 60.8 Å². The van der Waals surface area contributed by atoms with Crippen molar-refractivity contribution >= 4 is 35.7 Å². The quantitative estimate of drug-likeness (QED) is 0.0415. The Balaban J connectivity index is 1.18. The highest BCUT2D eigenvalue weighted by molar-refractivity contribution is 5.90. The van der Waals surface area contributed by atoms with E-state index in [-0.39, 0.29) is 69.0 Å². The zero-order chi connectivity index (χ0) is 46.3. The second kappa shape index (κ2) is 22.5. The van der Waals surface area contributed by atoms with Crippen LogP contribution in [0.2, 0.25) is 0 Å². The number of aromatic amines is 2. The highest BCUT2D eigenvalue weighted by Crippen LogP contribution is 2.44. The number of H-pyrrole nitrogens is 2. The van der Waals surface area contributed by atoms with Crippen molar-refractivity contribution in [3.05, 3.63) is 125 Å². The van der Waals surface area contributed by atoms with E-state index in [0.717, 1.165) is 31.4 Å². The second-order valence-electron chi connectivity index (χ2n) is 15.0. The summed E-state index contributed by atoms with van der Waals surface area (Å²) in [5.74, 6) is -3.75. The van der Waals surface area contributed by atoms with Crippen molar-refractivity contribution in [3.63, 3.8) is 0 Å². The molecule has 5 rings (SSSR count). The van der Waals surface area contributed by atoms with Crippen molar-refractivity contribution in [3.8, 4) is 11.1 Å². The van der Waals surface area contributed by atoms with E-state index in [1.54, 1.807) is 6.92 Å². The minimum Gasteiger partial charge on any atom is -0.465 e. The van der Waals surface area contributed by atoms with Crippen molar-refractivity contribution in [1.29, 1.82) is 0 Å². The number of amides is 5. The molecule has 64 heavy (non-hydrogen) atoms. The minimum absolute atomic E-state index is 0.0271. The van der Waals surface area contributed by atoms with Gasteiger partial charge in [0.05, 0.1) is 6.61 Å². The van der Waals surface area contributed by atoms with E-state index in [9.17, 15) is 47.9 Å². The van der Waals surface area contributed by atoms with Gasteiger partial charge in [-0.3, -0.25) is 52.7 Å². The summed E-state index contributed by atoms with van der Waals surface area (Å²) in [6.45, 7) is 3.12. The molecule has 1 aliphatic carbocycles. The van der Waals surface area contributed by atoms with Crippen LogP contribution in [0.15, 0.2) is 80.1 Å². The summed E-state index contributed by atoms with van der Waals surface area (Å²) in [6.07, 6.45) is 2.00. The normalized spacial score (nSPS) is 12.5. The summed E-state index contributed by atoms with van der Waals surface area (Å²) in [5, 5.41) is 12.9. The van der Waals surface area contributed by atoms with Gasteiger partial charge in [0.2, 0.25) is 23.6 Å². The highest BCUT2D eigenvalue weighted by Gasteiger charge is 2.29. The molecule has 0 saturated carbocycles. The van der Waals surface area contributed by atoms with Crippen molar-refractivity contribution in [1.82, 2.24) is 45.7 Å². The van der Waals surface area contributed by atoms with E-state index in [1.807, 2.05) is 48.5 Å². The average molecular weight is 886 g/mol. The average Bonchev–Trinajstić information content (AvgIpc) is 3.58. The van der Waals surface area contributed by atoms with Crippen LogP contribution in [0.3, 0.4) is 0 Å². The Kier molecular flexibility index (Phi) is 16.7. The number of fused-ring (bicyclic) bond motifs is 3. The molecule has 2 aromatic carbocycles. The largest absolute Gasteiger partial charge is 0.465 e. The summed E-state index contributed by atoms with van der Waals surface area (Å²) in [6, 6.07) is 13.4. The van der Waals surface area contributed by atoms with E-state index >= 15 is 0 Å². The van der Waals surface area contributed by atoms with Crippen molar-refractivity contribution in [2.24, 2.45) is 0 Å². The Morgan fingerprint density at radius 1 is 0.656 bits per heavy atom. The predicted molar refractivity (Wildman–Crippen MR) is 230 cm³/mol. The number of aryl methyl sites for hydroxylation is 2. The number of nitrogens with one attached hydrogen (secondary N) is 7. The van der Waals surface area contributed by atoms with Gasteiger partial charge in [0.25, 0.3) is 11.1 Å². The second-order valence-corrected chi connectivity index (χ2v) is 15.0. The van der Waals surface area contributed by atoms with Crippen molar-refractivity contribution < 1.29 is 38.2 Å². The van der Waals surface area contributed by atoms with Crippen LogP contribution in [0, 0.1) is 13.8 Å². The predicted octanol–water partition coefficient (Wildman–Crippen LogP) is -0.432. The lowest BCUT2D eigenvalue weighted by atomic mass is 9.98. The molecule has 7 N–H and O–H groups in total. The molecule has 0 saturated heterocycles. The first-order valence-electron chi connectivity index (χ1n) is 20.6. The van der Waals surface area contributed by atoms with Gasteiger partial charge in [-0.15, -0.1) is 0 Å². The number of nitrogens with zero attached hydrogens (tertiary/aromatic N) is 2. The Labute approximate surface area is 365 Å². The number of rotatable bonds is 21. The van der Waals surface area contributed by atoms with Crippen molar-refractivity contribution in [2.45, 2.75) is 77.5 Å². The lowest BCUT2D eigenvalue weighted by Gasteiger charge is -2.21. The maximum atomic E-state index is 13.5. The smallest absolute Gasteiger partial charge is 0.407 e. The standard InChI is InChI=1S/C43H51N9O12/c1-4-63-36(55)19-46-40(59)33(48-35(54)23-52-21-26(3)38(57)50-42(52)61)15-9-17-44-39(58)32(47-34(53)22-51-20-25(2)37(56)49-41(51)60)16-10-18-45-43(62)64-24-31-29-13-7-5-11-27(29)28-12-6-8-14-30(28)31/h5-8,11-14,20-21,31-33H,4,9-10,15-19,22-24H2,1-3H3,(H,44,58)(H,45,62)(H,46,59)(H,47,53)(H,48,54)(H,49,56,60)(H,50,57,61)/t32-,33-/m1/s1. The number of benzene rings is 2. The molecular weight excluding hydrogens is 835 g/mol. The molecule has 5 amide bonds. The van der Waals surface area contributed by atoms with Gasteiger partial charge in [-0.25, -0.2) is 14.4 Å². The van der Waals surface area contributed by atoms with E-state index in [0.29, 0.717) is 0 Å². The molecule has 0 aliphatic heterocycles. The third-order valence-corrected chi connectivity index (χ3v) is 10.3. The number of aromatic nitrogens is 4. The maximum Gasteiger partial charge on any atom is 0.407 e. The molecule has 0 spiro atoms. The number of hydrogen-bond acceptors (Lipinski definition) is 12.